The minimum atomic E-state index is -2.36. The lowest BCUT2D eigenvalue weighted by atomic mass is 9.97. The molecule has 1 aliphatic rings. The molecule has 0 saturated heterocycles. The van der Waals surface area contributed by atoms with Gasteiger partial charge in [0.1, 0.15) is 0 Å². The van der Waals surface area contributed by atoms with E-state index in [1.54, 1.807) is 12.3 Å². The Kier molecular flexibility index (Phi) is 2.35. The molecule has 0 aliphatic heterocycles. The van der Waals surface area contributed by atoms with E-state index in [1.807, 2.05) is 0 Å². The fourth-order valence-electron chi connectivity index (χ4n) is 1.91. The monoisotopic (exact) mass is 199 g/mol. The van der Waals surface area contributed by atoms with Crippen LogP contribution in [0.5, 0.6) is 0 Å². The summed E-state index contributed by atoms with van der Waals surface area (Å²) in [6, 6.07) is 1.65. The fourth-order valence-corrected chi connectivity index (χ4v) is 1.91. The van der Waals surface area contributed by atoms with Gasteiger partial charge in [0.2, 0.25) is 0 Å². The molecule has 0 N–H and O–H groups in total. The fraction of sp³-hybridized carbons (Fsp3) is 0.500. The first-order valence-corrected chi connectivity index (χ1v) is 4.68. The molecular weight excluding hydrogens is 188 g/mol. The average molecular weight is 199 g/mol. The van der Waals surface area contributed by atoms with Gasteiger partial charge in [-0.25, -0.2) is 8.78 Å². The Morgan fingerprint density at radius 1 is 1.43 bits per heavy atom. The first kappa shape index (κ1) is 9.37. The maximum absolute atomic E-state index is 12.2. The third kappa shape index (κ3) is 1.56. The van der Waals surface area contributed by atoms with Gasteiger partial charge in [-0.1, -0.05) is 0 Å². The molecule has 0 fully saturated rings. The number of nitrogens with zero attached hydrogens (tertiary/aromatic N) is 1. The van der Waals surface area contributed by atoms with E-state index >= 15 is 0 Å². The van der Waals surface area contributed by atoms with E-state index in [4.69, 9.17) is 0 Å². The number of Topliss-reactive ketones (excluding diaryl/α,β-unsaturated/α-hetero) is 1. The molecule has 2 nitrogen and oxygen atoms in total. The van der Waals surface area contributed by atoms with Gasteiger partial charge in [-0.3, -0.25) is 4.79 Å². The number of carbonyl (C=O) groups is 1. The Bertz CT molecular complexity index is 357. The lowest BCUT2D eigenvalue weighted by Crippen LogP contribution is -2.15. The largest absolute Gasteiger partial charge is 0.345 e. The summed E-state index contributed by atoms with van der Waals surface area (Å²) in [5, 5.41) is 0. The predicted octanol–water partition coefficient (Wildman–Crippen LogP) is 2.27. The van der Waals surface area contributed by atoms with Crippen molar-refractivity contribution in [1.29, 1.82) is 0 Å². The zero-order valence-corrected chi connectivity index (χ0v) is 7.67. The molecule has 1 heterocycles. The Labute approximate surface area is 80.5 Å². The third-order valence-electron chi connectivity index (χ3n) is 2.53. The highest BCUT2D eigenvalue weighted by molar-refractivity contribution is 5.98. The lowest BCUT2D eigenvalue weighted by molar-refractivity contribution is 0.0967. The number of halogens is 2. The molecule has 0 atom stereocenters. The Hall–Kier alpha value is -1.19. The summed E-state index contributed by atoms with van der Waals surface area (Å²) in [6.45, 7) is -0.303. The van der Waals surface area contributed by atoms with Crippen LogP contribution in [0.1, 0.15) is 28.9 Å². The smallest absolute Gasteiger partial charge is 0.256 e. The molecule has 1 aromatic rings. The van der Waals surface area contributed by atoms with Crippen molar-refractivity contribution in [2.45, 2.75) is 32.2 Å². The predicted molar refractivity (Wildman–Crippen MR) is 47.7 cm³/mol. The van der Waals surface area contributed by atoms with E-state index in [0.29, 0.717) is 12.0 Å². The summed E-state index contributed by atoms with van der Waals surface area (Å²) in [5.41, 5.74) is 1.42. The molecule has 2 rings (SSSR count). The molecule has 0 aromatic carbocycles. The van der Waals surface area contributed by atoms with Gasteiger partial charge in [0.25, 0.3) is 6.43 Å². The summed E-state index contributed by atoms with van der Waals surface area (Å²) in [7, 11) is 0. The summed E-state index contributed by atoms with van der Waals surface area (Å²) in [5.74, 6) is 0.0827. The Morgan fingerprint density at radius 2 is 2.21 bits per heavy atom. The normalized spacial score (nSPS) is 16.1. The quantitative estimate of drug-likeness (QED) is 0.716. The Morgan fingerprint density at radius 3 is 2.93 bits per heavy atom. The van der Waals surface area contributed by atoms with Crippen LogP contribution in [0.25, 0.3) is 0 Å². The minimum absolute atomic E-state index is 0.0827. The number of carbonyl (C=O) groups excluding carboxylic acids is 1. The number of rotatable bonds is 2. The number of aromatic nitrogens is 1. The molecule has 1 aliphatic carbocycles. The van der Waals surface area contributed by atoms with Gasteiger partial charge >= 0.3 is 0 Å². The minimum Gasteiger partial charge on any atom is -0.345 e. The zero-order chi connectivity index (χ0) is 10.1. The summed E-state index contributed by atoms with van der Waals surface area (Å²) < 4.78 is 25.8. The van der Waals surface area contributed by atoms with Gasteiger partial charge in [0, 0.05) is 23.9 Å². The maximum atomic E-state index is 12.2. The van der Waals surface area contributed by atoms with Crippen LogP contribution >= 0.6 is 0 Å². The number of hydrogen-bond donors (Lipinski definition) is 0. The van der Waals surface area contributed by atoms with Crippen LogP contribution in [-0.4, -0.2) is 16.8 Å². The van der Waals surface area contributed by atoms with E-state index in [2.05, 4.69) is 0 Å². The molecule has 0 radical (unpaired) electrons. The first-order chi connectivity index (χ1) is 6.68. The van der Waals surface area contributed by atoms with Gasteiger partial charge in [0.15, 0.2) is 5.78 Å². The third-order valence-corrected chi connectivity index (χ3v) is 2.53. The van der Waals surface area contributed by atoms with Crippen LogP contribution in [0, 0.1) is 0 Å². The van der Waals surface area contributed by atoms with Gasteiger partial charge in [-0.05, 0) is 18.9 Å². The van der Waals surface area contributed by atoms with Crippen molar-refractivity contribution in [1.82, 2.24) is 4.57 Å². The SMILES string of the molecule is O=C1CCCc2c1ccn2CC(F)F. The van der Waals surface area contributed by atoms with E-state index in [0.717, 1.165) is 18.5 Å². The molecule has 0 amide bonds. The van der Waals surface area contributed by atoms with Gasteiger partial charge in [-0.15, -0.1) is 0 Å². The molecule has 0 spiro atoms. The first-order valence-electron chi connectivity index (χ1n) is 4.68. The van der Waals surface area contributed by atoms with E-state index < -0.39 is 6.43 Å². The molecule has 0 unspecified atom stereocenters. The Balaban J connectivity index is 2.31. The molecule has 4 heteroatoms. The van der Waals surface area contributed by atoms with Crippen LogP contribution < -0.4 is 0 Å². The summed E-state index contributed by atoms with van der Waals surface area (Å²) >= 11 is 0. The topological polar surface area (TPSA) is 22.0 Å². The van der Waals surface area contributed by atoms with Crippen molar-refractivity contribution in [3.05, 3.63) is 23.5 Å². The van der Waals surface area contributed by atoms with Crippen LogP contribution in [0.4, 0.5) is 8.78 Å². The number of alkyl halides is 2. The summed E-state index contributed by atoms with van der Waals surface area (Å²) in [6.07, 6.45) is 1.29. The van der Waals surface area contributed by atoms with Crippen LogP contribution in [0.3, 0.4) is 0 Å². The van der Waals surface area contributed by atoms with Crippen LogP contribution in [-0.2, 0) is 13.0 Å². The van der Waals surface area contributed by atoms with Gasteiger partial charge < -0.3 is 4.57 Å². The van der Waals surface area contributed by atoms with Crippen molar-refractivity contribution >= 4 is 5.78 Å². The molecule has 1 aromatic heterocycles. The highest BCUT2D eigenvalue weighted by Gasteiger charge is 2.21. The van der Waals surface area contributed by atoms with Gasteiger partial charge in [-0.2, -0.15) is 0 Å². The number of ketones is 1. The van der Waals surface area contributed by atoms with Crippen molar-refractivity contribution < 1.29 is 13.6 Å². The zero-order valence-electron chi connectivity index (χ0n) is 7.67. The van der Waals surface area contributed by atoms with Crippen molar-refractivity contribution in [2.24, 2.45) is 0 Å². The average Bonchev–Trinajstić information content (AvgIpc) is 2.49. The molecule has 14 heavy (non-hydrogen) atoms. The van der Waals surface area contributed by atoms with Crippen LogP contribution in [0.15, 0.2) is 12.3 Å². The molecule has 76 valence electrons. The number of hydrogen-bond acceptors (Lipinski definition) is 1. The molecule has 0 bridgehead atoms. The van der Waals surface area contributed by atoms with E-state index in [1.165, 1.54) is 4.57 Å². The lowest BCUT2D eigenvalue weighted by Gasteiger charge is -2.14. The van der Waals surface area contributed by atoms with Crippen molar-refractivity contribution in [3.8, 4) is 0 Å². The molecular formula is C10H11F2NO. The molecule has 0 saturated carbocycles. The summed E-state index contributed by atoms with van der Waals surface area (Å²) in [4.78, 5) is 11.4. The highest BCUT2D eigenvalue weighted by Crippen LogP contribution is 2.22. The van der Waals surface area contributed by atoms with E-state index in [9.17, 15) is 13.6 Å². The second-order valence-corrected chi connectivity index (χ2v) is 3.50. The van der Waals surface area contributed by atoms with E-state index in [-0.39, 0.29) is 12.3 Å². The highest BCUT2D eigenvalue weighted by atomic mass is 19.3. The van der Waals surface area contributed by atoms with Crippen molar-refractivity contribution in [2.75, 3.05) is 0 Å². The second kappa shape index (κ2) is 3.52. The van der Waals surface area contributed by atoms with Crippen molar-refractivity contribution in [3.63, 3.8) is 0 Å². The standard InChI is InChI=1S/C10H11F2NO/c11-10(12)6-13-5-4-7-8(13)2-1-3-9(7)14/h4-5,10H,1-3,6H2. The number of fused-ring (bicyclic) bond motifs is 1. The van der Waals surface area contributed by atoms with Gasteiger partial charge in [0.05, 0.1) is 6.54 Å². The second-order valence-electron chi connectivity index (χ2n) is 3.50. The van der Waals surface area contributed by atoms with Crippen LogP contribution in [0.2, 0.25) is 0 Å². The maximum Gasteiger partial charge on any atom is 0.256 e.